The smallest absolute Gasteiger partial charge is 0.356 e. The molecule has 43 heavy (non-hydrogen) atoms. The number of nitrogens with two attached hydrogens (primary N) is 1. The fraction of sp³-hybridized carbons (Fsp3) is 0.423. The Bertz CT molecular complexity index is 1680. The van der Waals surface area contributed by atoms with Crippen LogP contribution in [-0.4, -0.2) is 67.8 Å². The number of alkyl halides is 5. The van der Waals surface area contributed by atoms with E-state index >= 15 is 0 Å². The van der Waals surface area contributed by atoms with Crippen molar-refractivity contribution in [1.82, 2.24) is 20.0 Å². The molecule has 1 atom stereocenters. The van der Waals surface area contributed by atoms with E-state index in [2.05, 4.69) is 24.9 Å². The molecule has 17 heteroatoms. The van der Waals surface area contributed by atoms with Gasteiger partial charge >= 0.3 is 6.18 Å². The molecule has 4 rings (SSSR count). The topological polar surface area (TPSA) is 148 Å². The quantitative estimate of drug-likeness (QED) is 0.389. The van der Waals surface area contributed by atoms with E-state index in [1.165, 1.54) is 49.4 Å². The Balaban J connectivity index is 1.88. The molecule has 1 aliphatic rings. The minimum atomic E-state index is -4.99. The van der Waals surface area contributed by atoms with Crippen molar-refractivity contribution in [1.29, 1.82) is 0 Å². The van der Waals surface area contributed by atoms with Crippen LogP contribution in [-0.2, 0) is 27.7 Å². The molecule has 232 valence electrons. The summed E-state index contributed by atoms with van der Waals surface area (Å²) >= 11 is 0. The summed E-state index contributed by atoms with van der Waals surface area (Å²) < 4.78 is 88.2. The van der Waals surface area contributed by atoms with Gasteiger partial charge in [0.05, 0.1) is 28.0 Å². The lowest BCUT2D eigenvalue weighted by molar-refractivity contribution is -0.140. The number of aromatic nitrogens is 4. The van der Waals surface area contributed by atoms with Crippen LogP contribution in [0.15, 0.2) is 39.7 Å². The highest BCUT2D eigenvalue weighted by atomic mass is 32.2. The van der Waals surface area contributed by atoms with Crippen LogP contribution in [0.2, 0.25) is 0 Å². The summed E-state index contributed by atoms with van der Waals surface area (Å²) in [5, 5.41) is 10.4. The van der Waals surface area contributed by atoms with E-state index in [9.17, 15) is 35.8 Å². The minimum absolute atomic E-state index is 0.0417. The van der Waals surface area contributed by atoms with Crippen molar-refractivity contribution in [3.05, 3.63) is 47.3 Å². The van der Waals surface area contributed by atoms with Crippen LogP contribution in [0.3, 0.4) is 0 Å². The van der Waals surface area contributed by atoms with Gasteiger partial charge in [-0.25, -0.2) is 18.0 Å². The molecule has 3 aromatic rings. The first-order valence-corrected chi connectivity index (χ1v) is 14.9. The van der Waals surface area contributed by atoms with Crippen molar-refractivity contribution in [2.24, 2.45) is 17.1 Å². The molecule has 0 aliphatic carbocycles. The van der Waals surface area contributed by atoms with Crippen molar-refractivity contribution in [3.63, 3.8) is 0 Å². The summed E-state index contributed by atoms with van der Waals surface area (Å²) in [4.78, 5) is 31.8. The van der Waals surface area contributed by atoms with Gasteiger partial charge in [-0.1, -0.05) is 6.07 Å². The molecule has 0 saturated carbocycles. The number of pyridine rings is 1. The number of carbonyl (C=O) groups is 2. The summed E-state index contributed by atoms with van der Waals surface area (Å²) in [5.74, 6) is -5.13. The SMILES string of the molecule is Cc1c(C(=O)Nc2cccc([S@@](C)(=O)=NC(=O)CN)c2)c(N2CCCC(F)(F)CC2)nc(C(F)(F)F)c1-c1cnn(C)n1. The predicted molar refractivity (Wildman–Crippen MR) is 148 cm³/mol. The largest absolute Gasteiger partial charge is 0.434 e. The fourth-order valence-electron chi connectivity index (χ4n) is 4.73. The molecule has 0 radical (unpaired) electrons. The summed E-state index contributed by atoms with van der Waals surface area (Å²) in [7, 11) is -1.84. The predicted octanol–water partition coefficient (Wildman–Crippen LogP) is 4.02. The number of aryl methyl sites for hydroxylation is 1. The van der Waals surface area contributed by atoms with Crippen molar-refractivity contribution in [2.45, 2.75) is 43.2 Å². The number of benzene rings is 1. The maximum atomic E-state index is 14.4. The zero-order valence-electron chi connectivity index (χ0n) is 23.4. The number of hydrogen-bond acceptors (Lipinski definition) is 8. The first-order valence-electron chi connectivity index (χ1n) is 13.0. The first-order chi connectivity index (χ1) is 20.0. The Morgan fingerprint density at radius 3 is 2.56 bits per heavy atom. The molecule has 0 bridgehead atoms. The van der Waals surface area contributed by atoms with Crippen LogP contribution in [0.1, 0.15) is 40.9 Å². The Morgan fingerprint density at radius 2 is 1.93 bits per heavy atom. The van der Waals surface area contributed by atoms with Gasteiger partial charge in [0.15, 0.2) is 5.69 Å². The van der Waals surface area contributed by atoms with Crippen LogP contribution in [0.4, 0.5) is 33.5 Å². The van der Waals surface area contributed by atoms with Crippen LogP contribution < -0.4 is 16.0 Å². The first kappa shape index (κ1) is 31.9. The van der Waals surface area contributed by atoms with Gasteiger partial charge in [0.1, 0.15) is 11.5 Å². The van der Waals surface area contributed by atoms with Gasteiger partial charge in [-0.3, -0.25) is 9.59 Å². The molecule has 2 aromatic heterocycles. The summed E-state index contributed by atoms with van der Waals surface area (Å²) in [6.45, 7) is 0.429. The number of amides is 2. The number of carbonyl (C=O) groups excluding carboxylic acids is 2. The van der Waals surface area contributed by atoms with Crippen molar-refractivity contribution >= 4 is 33.0 Å². The maximum absolute atomic E-state index is 14.4. The number of rotatable bonds is 6. The van der Waals surface area contributed by atoms with Gasteiger partial charge in [0.25, 0.3) is 11.8 Å². The van der Waals surface area contributed by atoms with Gasteiger partial charge in [-0.2, -0.15) is 32.5 Å². The minimum Gasteiger partial charge on any atom is -0.356 e. The number of nitrogens with one attached hydrogen (secondary N) is 1. The third-order valence-corrected chi connectivity index (χ3v) is 8.46. The average molecular weight is 629 g/mol. The van der Waals surface area contributed by atoms with Gasteiger partial charge < -0.3 is 16.0 Å². The van der Waals surface area contributed by atoms with Crippen molar-refractivity contribution in [3.8, 4) is 11.3 Å². The molecular weight excluding hydrogens is 599 g/mol. The Hall–Kier alpha value is -3.99. The lowest BCUT2D eigenvalue weighted by Crippen LogP contribution is -2.31. The average Bonchev–Trinajstić information content (AvgIpc) is 3.25. The van der Waals surface area contributed by atoms with Gasteiger partial charge in [0, 0.05) is 55.4 Å². The standard InChI is InChI=1S/C26H29F5N8O3S/c1-15-20(18-14-33-38(2)36-18)22(26(29,30)31)35-23(39-10-5-8-25(27,28)9-11-39)21(15)24(41)34-16-6-4-7-17(12-16)43(3,42)37-19(40)13-32/h4,6-7,12,14H,5,8-11,13,32H2,1-3H3,(H,34,41)/t43-/m1/s1. The van der Waals surface area contributed by atoms with E-state index in [1.54, 1.807) is 0 Å². The van der Waals surface area contributed by atoms with Crippen molar-refractivity contribution < 1.29 is 35.8 Å². The van der Waals surface area contributed by atoms with Gasteiger partial charge in [-0.15, -0.1) is 0 Å². The normalized spacial score (nSPS) is 16.7. The van der Waals surface area contributed by atoms with Gasteiger partial charge in [-0.05, 0) is 37.1 Å². The van der Waals surface area contributed by atoms with E-state index in [1.807, 2.05) is 0 Å². The fourth-order valence-corrected chi connectivity index (χ4v) is 5.98. The Labute approximate surface area is 243 Å². The van der Waals surface area contributed by atoms with Crippen LogP contribution in [0, 0.1) is 6.92 Å². The molecule has 0 spiro atoms. The third-order valence-electron chi connectivity index (χ3n) is 6.78. The lowest BCUT2D eigenvalue weighted by atomic mass is 9.97. The molecule has 1 fully saturated rings. The summed E-state index contributed by atoms with van der Waals surface area (Å²) in [6, 6.07) is 5.60. The number of anilines is 2. The molecule has 2 amide bonds. The Morgan fingerprint density at radius 1 is 1.21 bits per heavy atom. The third kappa shape index (κ3) is 7.15. The number of halogens is 5. The van der Waals surface area contributed by atoms with Gasteiger partial charge in [0.2, 0.25) is 5.92 Å². The van der Waals surface area contributed by atoms with E-state index in [0.29, 0.717) is 0 Å². The highest BCUT2D eigenvalue weighted by Crippen LogP contribution is 2.42. The van der Waals surface area contributed by atoms with E-state index in [4.69, 9.17) is 5.73 Å². The molecule has 1 aromatic carbocycles. The van der Waals surface area contributed by atoms with Crippen LogP contribution in [0.25, 0.3) is 11.3 Å². The monoisotopic (exact) mass is 628 g/mol. The summed E-state index contributed by atoms with van der Waals surface area (Å²) in [6.07, 6.45) is -3.82. The summed E-state index contributed by atoms with van der Waals surface area (Å²) in [5.41, 5.74) is 2.90. The molecule has 3 heterocycles. The number of hydrogen-bond donors (Lipinski definition) is 2. The second kappa shape index (κ2) is 11.9. The second-order valence-electron chi connectivity index (χ2n) is 10.0. The van der Waals surface area contributed by atoms with Crippen molar-refractivity contribution in [2.75, 3.05) is 36.1 Å². The molecular formula is C26H29F5N8O3S. The van der Waals surface area contributed by atoms with E-state index < -0.39 is 70.1 Å². The molecule has 11 nitrogen and oxygen atoms in total. The molecule has 0 unspecified atom stereocenters. The maximum Gasteiger partial charge on any atom is 0.434 e. The number of nitrogens with zero attached hydrogens (tertiary/aromatic N) is 6. The van der Waals surface area contributed by atoms with E-state index in [-0.39, 0.29) is 46.9 Å². The molecule has 3 N–H and O–H groups in total. The highest BCUT2D eigenvalue weighted by molar-refractivity contribution is 7.93. The molecule has 1 aliphatic heterocycles. The highest BCUT2D eigenvalue weighted by Gasteiger charge is 2.41. The second-order valence-corrected chi connectivity index (χ2v) is 12.3. The van der Waals surface area contributed by atoms with E-state index in [0.717, 1.165) is 11.0 Å². The zero-order chi connectivity index (χ0) is 31.7. The van der Waals surface area contributed by atoms with Crippen LogP contribution in [0.5, 0.6) is 0 Å². The zero-order valence-corrected chi connectivity index (χ0v) is 24.2. The lowest BCUT2D eigenvalue weighted by Gasteiger charge is -2.27. The van der Waals surface area contributed by atoms with Crippen LogP contribution >= 0.6 is 0 Å². The Kier molecular flexibility index (Phi) is 8.87. The molecule has 1 saturated heterocycles.